The van der Waals surface area contributed by atoms with E-state index < -0.39 is 10.8 Å². The fourth-order valence-corrected chi connectivity index (χ4v) is 3.47. The molecule has 1 atom stereocenters. The van der Waals surface area contributed by atoms with E-state index in [0.717, 1.165) is 16.0 Å². The van der Waals surface area contributed by atoms with Gasteiger partial charge in [-0.2, -0.15) is 0 Å². The monoisotopic (exact) mass is 344 g/mol. The molecule has 2 aromatic rings. The molecule has 0 saturated carbocycles. The molecule has 3 nitrogen and oxygen atoms in total. The van der Waals surface area contributed by atoms with Gasteiger partial charge in [0.2, 0.25) is 0 Å². The quantitative estimate of drug-likeness (QED) is 0.732. The maximum atomic E-state index is 12.7. The second-order valence-corrected chi connectivity index (χ2v) is 8.57. The van der Waals surface area contributed by atoms with Crippen molar-refractivity contribution in [1.82, 2.24) is 0 Å². The van der Waals surface area contributed by atoms with Crippen molar-refractivity contribution in [3.63, 3.8) is 0 Å². The average molecular weight is 344 g/mol. The Morgan fingerprint density at radius 3 is 2.21 bits per heavy atom. The van der Waals surface area contributed by atoms with Gasteiger partial charge in [-0.15, -0.1) is 0 Å². The van der Waals surface area contributed by atoms with E-state index in [-0.39, 0.29) is 4.75 Å². The standard InChI is InChI=1S/C20H24O3S/c1-20(2,3)24(21)19-9-7-6-8-16(19)12-10-15-11-13-17(22-4)18(14-15)23-5/h6-14H,1-5H3/b12-10-/t24-/m0/s1. The average Bonchev–Trinajstić information content (AvgIpc) is 2.58. The molecule has 0 aliphatic carbocycles. The van der Waals surface area contributed by atoms with Gasteiger partial charge in [0.1, 0.15) is 0 Å². The third kappa shape index (κ3) is 4.26. The number of rotatable bonds is 5. The van der Waals surface area contributed by atoms with Crippen LogP contribution in [-0.2, 0) is 10.8 Å². The minimum Gasteiger partial charge on any atom is -0.493 e. The lowest BCUT2D eigenvalue weighted by atomic mass is 10.1. The highest BCUT2D eigenvalue weighted by Crippen LogP contribution is 2.29. The van der Waals surface area contributed by atoms with Gasteiger partial charge >= 0.3 is 0 Å². The third-order valence-electron chi connectivity index (χ3n) is 3.54. The molecule has 0 heterocycles. The zero-order valence-electron chi connectivity index (χ0n) is 14.8. The number of hydrogen-bond donors (Lipinski definition) is 0. The van der Waals surface area contributed by atoms with Crippen LogP contribution in [0.2, 0.25) is 0 Å². The van der Waals surface area contributed by atoms with Crippen molar-refractivity contribution >= 4 is 23.0 Å². The van der Waals surface area contributed by atoms with E-state index in [1.165, 1.54) is 0 Å². The topological polar surface area (TPSA) is 35.5 Å². The molecule has 0 fully saturated rings. The largest absolute Gasteiger partial charge is 0.493 e. The van der Waals surface area contributed by atoms with E-state index in [9.17, 15) is 4.21 Å². The molecule has 0 aromatic heterocycles. The Bertz CT molecular complexity index is 758. The molecule has 128 valence electrons. The zero-order chi connectivity index (χ0) is 17.7. The Labute approximate surface area is 146 Å². The van der Waals surface area contributed by atoms with E-state index >= 15 is 0 Å². The number of hydrogen-bond acceptors (Lipinski definition) is 3. The Morgan fingerprint density at radius 1 is 0.917 bits per heavy atom. The summed E-state index contributed by atoms with van der Waals surface area (Å²) >= 11 is 0. The highest BCUT2D eigenvalue weighted by Gasteiger charge is 2.22. The van der Waals surface area contributed by atoms with E-state index in [4.69, 9.17) is 9.47 Å². The van der Waals surface area contributed by atoms with Crippen LogP contribution in [0.15, 0.2) is 47.4 Å². The predicted molar refractivity (Wildman–Crippen MR) is 101 cm³/mol. The summed E-state index contributed by atoms with van der Waals surface area (Å²) in [6.45, 7) is 5.95. The maximum Gasteiger partial charge on any atom is 0.161 e. The van der Waals surface area contributed by atoms with E-state index in [1.807, 2.05) is 75.4 Å². The first-order valence-electron chi connectivity index (χ1n) is 7.78. The molecule has 0 spiro atoms. The van der Waals surface area contributed by atoms with Gasteiger partial charge in [0, 0.05) is 9.64 Å². The van der Waals surface area contributed by atoms with Crippen molar-refractivity contribution in [3.05, 3.63) is 53.6 Å². The van der Waals surface area contributed by atoms with Crippen LogP contribution >= 0.6 is 0 Å². The molecule has 0 aliphatic rings. The molecule has 0 saturated heterocycles. The Morgan fingerprint density at radius 2 is 1.58 bits per heavy atom. The third-order valence-corrected chi connectivity index (χ3v) is 5.42. The molecule has 0 unspecified atom stereocenters. The van der Waals surface area contributed by atoms with Crippen molar-refractivity contribution in [3.8, 4) is 11.5 Å². The van der Waals surface area contributed by atoms with Crippen LogP contribution in [0.4, 0.5) is 0 Å². The van der Waals surface area contributed by atoms with Gasteiger partial charge in [-0.3, -0.25) is 4.21 Å². The Balaban J connectivity index is 2.35. The van der Waals surface area contributed by atoms with E-state index in [0.29, 0.717) is 11.5 Å². The van der Waals surface area contributed by atoms with E-state index in [1.54, 1.807) is 14.2 Å². The van der Waals surface area contributed by atoms with Gasteiger partial charge < -0.3 is 9.47 Å². The lowest BCUT2D eigenvalue weighted by Crippen LogP contribution is -2.22. The van der Waals surface area contributed by atoms with Crippen molar-refractivity contribution in [2.75, 3.05) is 14.2 Å². The first kappa shape index (κ1) is 18.3. The summed E-state index contributed by atoms with van der Waals surface area (Å²) in [5.74, 6) is 1.38. The summed E-state index contributed by atoms with van der Waals surface area (Å²) in [4.78, 5) is 0.849. The molecule has 4 heteroatoms. The van der Waals surface area contributed by atoms with Crippen molar-refractivity contribution in [1.29, 1.82) is 0 Å². The maximum absolute atomic E-state index is 12.7. The summed E-state index contributed by atoms with van der Waals surface area (Å²) < 4.78 is 23.0. The predicted octanol–water partition coefficient (Wildman–Crippen LogP) is 4.78. The minimum absolute atomic E-state index is 0.298. The SMILES string of the molecule is COc1ccc(/C=C\c2ccccc2[S@](=O)C(C)(C)C)cc1OC. The molecule has 2 rings (SSSR count). The summed E-state index contributed by atoms with van der Waals surface area (Å²) in [5.41, 5.74) is 1.95. The van der Waals surface area contributed by atoms with Crippen LogP contribution in [-0.4, -0.2) is 23.2 Å². The fourth-order valence-electron chi connectivity index (χ4n) is 2.26. The molecular formula is C20H24O3S. The molecule has 2 aromatic carbocycles. The van der Waals surface area contributed by atoms with Crippen molar-refractivity contribution < 1.29 is 13.7 Å². The molecule has 0 amide bonds. The van der Waals surface area contributed by atoms with Crippen LogP contribution in [0.5, 0.6) is 11.5 Å². The zero-order valence-corrected chi connectivity index (χ0v) is 15.6. The second-order valence-electron chi connectivity index (χ2n) is 6.37. The second kappa shape index (κ2) is 7.67. The van der Waals surface area contributed by atoms with Gasteiger partial charge in [-0.05, 0) is 50.1 Å². The van der Waals surface area contributed by atoms with Gasteiger partial charge in [0.15, 0.2) is 11.5 Å². The molecular weight excluding hydrogens is 320 g/mol. The van der Waals surface area contributed by atoms with Gasteiger partial charge in [0.25, 0.3) is 0 Å². The molecule has 0 aliphatic heterocycles. The first-order chi connectivity index (χ1) is 11.4. The summed E-state index contributed by atoms with van der Waals surface area (Å²) in [5, 5.41) is 0. The molecule has 0 radical (unpaired) electrons. The number of benzene rings is 2. The highest BCUT2D eigenvalue weighted by atomic mass is 32.2. The van der Waals surface area contributed by atoms with Gasteiger partial charge in [-0.1, -0.05) is 36.4 Å². The van der Waals surface area contributed by atoms with E-state index in [2.05, 4.69) is 0 Å². The fraction of sp³-hybridized carbons (Fsp3) is 0.300. The minimum atomic E-state index is -1.08. The first-order valence-corrected chi connectivity index (χ1v) is 8.93. The summed E-state index contributed by atoms with van der Waals surface area (Å²) in [6.07, 6.45) is 3.97. The number of methoxy groups -OCH3 is 2. The number of ether oxygens (including phenoxy) is 2. The van der Waals surface area contributed by atoms with Crippen LogP contribution in [0, 0.1) is 0 Å². The summed E-state index contributed by atoms with van der Waals surface area (Å²) in [6, 6.07) is 13.5. The molecule has 24 heavy (non-hydrogen) atoms. The normalized spacial score (nSPS) is 13.0. The smallest absolute Gasteiger partial charge is 0.161 e. The molecule has 0 N–H and O–H groups in total. The Hall–Kier alpha value is -2.07. The lowest BCUT2D eigenvalue weighted by Gasteiger charge is -2.19. The van der Waals surface area contributed by atoms with Gasteiger partial charge in [-0.25, -0.2) is 0 Å². The van der Waals surface area contributed by atoms with Crippen LogP contribution in [0.3, 0.4) is 0 Å². The van der Waals surface area contributed by atoms with Crippen LogP contribution in [0.25, 0.3) is 12.2 Å². The highest BCUT2D eigenvalue weighted by molar-refractivity contribution is 7.86. The lowest BCUT2D eigenvalue weighted by molar-refractivity contribution is 0.355. The van der Waals surface area contributed by atoms with Crippen molar-refractivity contribution in [2.45, 2.75) is 30.4 Å². The van der Waals surface area contributed by atoms with Crippen LogP contribution in [0.1, 0.15) is 31.9 Å². The molecule has 0 bridgehead atoms. The Kier molecular flexibility index (Phi) is 5.84. The summed E-state index contributed by atoms with van der Waals surface area (Å²) in [7, 11) is 2.16. The van der Waals surface area contributed by atoms with Crippen molar-refractivity contribution in [2.24, 2.45) is 0 Å². The van der Waals surface area contributed by atoms with Crippen LogP contribution < -0.4 is 9.47 Å². The van der Waals surface area contributed by atoms with Gasteiger partial charge in [0.05, 0.1) is 25.0 Å².